The molecule has 4 nitrogen and oxygen atoms in total. The van der Waals surface area contributed by atoms with Crippen LogP contribution in [0.25, 0.3) is 0 Å². The third kappa shape index (κ3) is 8.53. The number of ether oxygens (including phenoxy) is 1. The van der Waals surface area contributed by atoms with Crippen molar-refractivity contribution in [1.82, 2.24) is 4.90 Å². The van der Waals surface area contributed by atoms with Crippen molar-refractivity contribution in [3.05, 3.63) is 0 Å². The average Bonchev–Trinajstić information content (AvgIpc) is 3.12. The van der Waals surface area contributed by atoms with Crippen LogP contribution in [0.15, 0.2) is 0 Å². The number of rotatable bonds is 15. The molecule has 2 amide bonds. The monoisotopic (exact) mass is 567 g/mol. The van der Waals surface area contributed by atoms with Gasteiger partial charge in [0.05, 0.1) is 0 Å². The van der Waals surface area contributed by atoms with Gasteiger partial charge < -0.3 is 0 Å². The van der Waals surface area contributed by atoms with Gasteiger partial charge in [-0.3, -0.25) is 0 Å². The van der Waals surface area contributed by atoms with Crippen molar-refractivity contribution in [2.24, 2.45) is 5.92 Å². The zero-order valence-electron chi connectivity index (χ0n) is 18.6. The molecule has 0 aliphatic carbocycles. The quantitative estimate of drug-likeness (QED) is 0.158. The Morgan fingerprint density at radius 3 is 2.00 bits per heavy atom. The van der Waals surface area contributed by atoms with E-state index in [1.165, 1.54) is 61.2 Å². The van der Waals surface area contributed by atoms with E-state index in [-0.39, 0.29) is 11.8 Å². The Morgan fingerprint density at radius 2 is 1.61 bits per heavy atom. The van der Waals surface area contributed by atoms with Crippen molar-refractivity contribution in [1.29, 1.82) is 0 Å². The molecule has 0 saturated carbocycles. The van der Waals surface area contributed by atoms with Gasteiger partial charge in [-0.05, 0) is 0 Å². The summed E-state index contributed by atoms with van der Waals surface area (Å²) in [5.41, 5.74) is 0. The SMILES string of the molecule is CCC[CH2][Sn]([CH2]CCC)([CH2]CCC)[CH2]C(Br)C[C@@H](CC)C(=O)N1CCOC1=O. The summed E-state index contributed by atoms with van der Waals surface area (Å²) in [5, 5.41) is 0. The Hall–Kier alpha value is 0.219. The van der Waals surface area contributed by atoms with Gasteiger partial charge in [-0.15, -0.1) is 0 Å². The molecule has 0 bridgehead atoms. The molecule has 1 unspecified atom stereocenters. The summed E-state index contributed by atoms with van der Waals surface area (Å²) in [6, 6.07) is 0. The van der Waals surface area contributed by atoms with E-state index >= 15 is 0 Å². The molecule has 6 heteroatoms. The summed E-state index contributed by atoms with van der Waals surface area (Å²) in [6.07, 6.45) is 9.16. The minimum absolute atomic E-state index is 0.0362. The average molecular weight is 567 g/mol. The van der Waals surface area contributed by atoms with E-state index in [2.05, 4.69) is 43.6 Å². The molecule has 1 heterocycles. The first kappa shape index (κ1) is 26.3. The standard InChI is InChI=1S/C10H15BrNO3.3C4H9.Sn/c1-3-8(6-7(2)11)9(13)12-4-5-15-10(12)14;3*1-3-4-2;/h7-8H,2-6H2,1H3;3*1,3-4H2,2H3;/t7?,8-;;;;/m1..../s1. The number of imide groups is 1. The van der Waals surface area contributed by atoms with E-state index < -0.39 is 24.5 Å². The van der Waals surface area contributed by atoms with Crippen LogP contribution in [0.5, 0.6) is 0 Å². The second-order valence-corrected chi connectivity index (χ2v) is 23.9. The molecule has 0 aromatic heterocycles. The Kier molecular flexibility index (Phi) is 13.4. The third-order valence-electron chi connectivity index (χ3n) is 6.25. The third-order valence-corrected chi connectivity index (χ3v) is 24.6. The van der Waals surface area contributed by atoms with Crippen molar-refractivity contribution in [2.75, 3.05) is 13.2 Å². The summed E-state index contributed by atoms with van der Waals surface area (Å²) in [4.78, 5) is 26.3. The van der Waals surface area contributed by atoms with Crippen LogP contribution in [-0.4, -0.2) is 53.3 Å². The van der Waals surface area contributed by atoms with Crippen LogP contribution in [0.3, 0.4) is 0 Å². The fourth-order valence-electron chi connectivity index (χ4n) is 4.45. The molecule has 0 aromatic rings. The molecule has 0 aromatic carbocycles. The zero-order valence-corrected chi connectivity index (χ0v) is 23.0. The zero-order chi connectivity index (χ0) is 21.0. The summed E-state index contributed by atoms with van der Waals surface area (Å²) in [6.45, 7) is 9.73. The molecule has 1 rings (SSSR count). The number of amides is 2. The molecule has 0 N–H and O–H groups in total. The number of hydrogen-bond donors (Lipinski definition) is 0. The van der Waals surface area contributed by atoms with Crippen molar-refractivity contribution in [2.45, 2.75) is 102 Å². The van der Waals surface area contributed by atoms with Crippen LogP contribution in [-0.2, 0) is 9.53 Å². The number of carbonyl (C=O) groups excluding carboxylic acids is 2. The summed E-state index contributed by atoms with van der Waals surface area (Å²) < 4.78 is 10.8. The van der Waals surface area contributed by atoms with Gasteiger partial charge in [0.15, 0.2) is 0 Å². The van der Waals surface area contributed by atoms with Crippen LogP contribution in [0.4, 0.5) is 4.79 Å². The van der Waals surface area contributed by atoms with Crippen LogP contribution in [0, 0.1) is 5.92 Å². The number of carbonyl (C=O) groups is 2. The number of hydrogen-bond acceptors (Lipinski definition) is 3. The molecule has 1 aliphatic heterocycles. The van der Waals surface area contributed by atoms with Gasteiger partial charge in [-0.1, -0.05) is 0 Å². The number of unbranched alkanes of at least 4 members (excludes halogenated alkanes) is 3. The first-order chi connectivity index (χ1) is 13.4. The van der Waals surface area contributed by atoms with Gasteiger partial charge in [-0.2, -0.15) is 0 Å². The van der Waals surface area contributed by atoms with E-state index in [4.69, 9.17) is 4.74 Å². The van der Waals surface area contributed by atoms with E-state index in [9.17, 15) is 9.59 Å². The molecule has 1 saturated heterocycles. The maximum atomic E-state index is 12.8. The molecule has 1 fully saturated rings. The summed E-state index contributed by atoms with van der Waals surface area (Å²) in [5.74, 6) is -0.117. The predicted octanol–water partition coefficient (Wildman–Crippen LogP) is 6.99. The van der Waals surface area contributed by atoms with Gasteiger partial charge in [-0.25, -0.2) is 0 Å². The van der Waals surface area contributed by atoms with E-state index in [1.807, 2.05) is 0 Å². The van der Waals surface area contributed by atoms with E-state index in [0.717, 1.165) is 12.8 Å². The Morgan fingerprint density at radius 1 is 1.07 bits per heavy atom. The van der Waals surface area contributed by atoms with E-state index in [0.29, 0.717) is 18.0 Å². The van der Waals surface area contributed by atoms with Crippen molar-refractivity contribution >= 4 is 46.3 Å². The number of cyclic esters (lactones) is 1. The molecular weight excluding hydrogens is 525 g/mol. The van der Waals surface area contributed by atoms with Gasteiger partial charge in [0.25, 0.3) is 0 Å². The predicted molar refractivity (Wildman–Crippen MR) is 124 cm³/mol. The Balaban J connectivity index is 2.80. The normalized spacial score (nSPS) is 16.9. The first-order valence-electron chi connectivity index (χ1n) is 11.5. The Bertz CT molecular complexity index is 453. The van der Waals surface area contributed by atoms with Gasteiger partial charge >= 0.3 is 186 Å². The number of nitrogens with zero attached hydrogens (tertiary/aromatic N) is 1. The van der Waals surface area contributed by atoms with Gasteiger partial charge in [0.2, 0.25) is 0 Å². The molecule has 1 aliphatic rings. The Labute approximate surface area is 185 Å². The molecule has 28 heavy (non-hydrogen) atoms. The first-order valence-corrected chi connectivity index (χ1v) is 20.5. The summed E-state index contributed by atoms with van der Waals surface area (Å²) in [7, 11) is 0. The van der Waals surface area contributed by atoms with Crippen LogP contribution in [0.1, 0.15) is 79.1 Å². The van der Waals surface area contributed by atoms with Gasteiger partial charge in [0.1, 0.15) is 0 Å². The van der Waals surface area contributed by atoms with Gasteiger partial charge in [0, 0.05) is 0 Å². The molecule has 0 spiro atoms. The van der Waals surface area contributed by atoms with E-state index in [1.54, 1.807) is 0 Å². The number of halogens is 1. The maximum absolute atomic E-state index is 12.8. The second-order valence-electron chi connectivity index (χ2n) is 8.56. The van der Waals surface area contributed by atoms with Crippen molar-refractivity contribution < 1.29 is 14.3 Å². The molecule has 0 radical (unpaired) electrons. The molecule has 2 atom stereocenters. The van der Waals surface area contributed by atoms with Crippen LogP contribution < -0.4 is 0 Å². The van der Waals surface area contributed by atoms with Crippen LogP contribution in [0.2, 0.25) is 17.7 Å². The van der Waals surface area contributed by atoms with Crippen molar-refractivity contribution in [3.8, 4) is 0 Å². The van der Waals surface area contributed by atoms with Crippen LogP contribution >= 0.6 is 15.9 Å². The minimum atomic E-state index is -2.23. The summed E-state index contributed by atoms with van der Waals surface area (Å²) >= 11 is 1.76. The second kappa shape index (κ2) is 14.3. The molecular formula is C22H42BrNO3Sn. The van der Waals surface area contributed by atoms with Crippen molar-refractivity contribution in [3.63, 3.8) is 0 Å². The molecule has 164 valence electrons. The number of alkyl halides is 1. The fourth-order valence-corrected chi connectivity index (χ4v) is 26.0. The fraction of sp³-hybridized carbons (Fsp3) is 0.909. The topological polar surface area (TPSA) is 46.6 Å².